The molecule has 3 unspecified atom stereocenters. The summed E-state index contributed by atoms with van der Waals surface area (Å²) in [5.41, 5.74) is 7.12. The van der Waals surface area contributed by atoms with Gasteiger partial charge in [0.2, 0.25) is 5.89 Å². The van der Waals surface area contributed by atoms with Crippen LogP contribution in [0.1, 0.15) is 48.4 Å². The van der Waals surface area contributed by atoms with Gasteiger partial charge in [0.25, 0.3) is 0 Å². The maximum Gasteiger partial charge on any atom is 0.211 e. The largest absolute Gasteiger partial charge is 0.444 e. The van der Waals surface area contributed by atoms with Gasteiger partial charge < -0.3 is 10.2 Å². The van der Waals surface area contributed by atoms with Crippen LogP contribution in [0.25, 0.3) is 0 Å². The summed E-state index contributed by atoms with van der Waals surface area (Å²) in [5.74, 6) is 2.69. The number of aromatic nitrogens is 1. The van der Waals surface area contributed by atoms with Gasteiger partial charge >= 0.3 is 0 Å². The molecule has 0 radical (unpaired) electrons. The van der Waals surface area contributed by atoms with Gasteiger partial charge in [-0.1, -0.05) is 30.3 Å². The lowest BCUT2D eigenvalue weighted by Gasteiger charge is -1.98. The normalized spacial score (nSPS) is 24.6. The third-order valence-electron chi connectivity index (χ3n) is 3.31. The first-order chi connectivity index (χ1) is 8.25. The lowest BCUT2D eigenvalue weighted by molar-refractivity contribution is 0.430. The molecule has 1 aromatic carbocycles. The first-order valence-electron chi connectivity index (χ1n) is 6.02. The number of nitrogens with two attached hydrogens (primary N) is 1. The zero-order valence-electron chi connectivity index (χ0n) is 9.84. The first kappa shape index (κ1) is 10.5. The topological polar surface area (TPSA) is 52.0 Å². The van der Waals surface area contributed by atoms with Crippen molar-refractivity contribution in [1.82, 2.24) is 4.98 Å². The summed E-state index contributed by atoms with van der Waals surface area (Å²) < 4.78 is 5.68. The quantitative estimate of drug-likeness (QED) is 0.878. The Hall–Kier alpha value is -1.61. The van der Waals surface area contributed by atoms with Crippen LogP contribution in [0.5, 0.6) is 0 Å². The van der Waals surface area contributed by atoms with E-state index in [1.54, 1.807) is 0 Å². The molecule has 1 heterocycles. The summed E-state index contributed by atoms with van der Waals surface area (Å²) in [4.78, 5) is 4.21. The molecule has 0 aliphatic heterocycles. The molecule has 1 aliphatic rings. The van der Waals surface area contributed by atoms with Crippen molar-refractivity contribution < 1.29 is 4.42 Å². The molecule has 2 N–H and O–H groups in total. The number of nitrogens with zero attached hydrogens (tertiary/aromatic N) is 1. The molecule has 0 bridgehead atoms. The Morgan fingerprint density at radius 3 is 2.71 bits per heavy atom. The molecule has 0 amide bonds. The fourth-order valence-corrected chi connectivity index (χ4v) is 2.26. The van der Waals surface area contributed by atoms with Crippen molar-refractivity contribution in [2.75, 3.05) is 0 Å². The molecule has 0 saturated heterocycles. The summed E-state index contributed by atoms with van der Waals surface area (Å²) >= 11 is 0. The van der Waals surface area contributed by atoms with Gasteiger partial charge in [0.05, 0.1) is 12.2 Å². The molecule has 3 nitrogen and oxygen atoms in total. The molecule has 3 rings (SSSR count). The predicted octanol–water partition coefficient (Wildman–Crippen LogP) is 2.97. The average molecular weight is 228 g/mol. The van der Waals surface area contributed by atoms with E-state index in [-0.39, 0.29) is 6.04 Å². The Bertz CT molecular complexity index is 504. The summed E-state index contributed by atoms with van der Waals surface area (Å²) in [6.07, 6.45) is 2.98. The summed E-state index contributed by atoms with van der Waals surface area (Å²) in [6, 6.07) is 10.4. The SMILES string of the molecule is CC(N)c1ncc(C2CC2c2ccccc2)o1. The minimum atomic E-state index is -0.127. The Morgan fingerprint density at radius 2 is 2.06 bits per heavy atom. The van der Waals surface area contributed by atoms with E-state index in [4.69, 9.17) is 10.2 Å². The highest BCUT2D eigenvalue weighted by molar-refractivity contribution is 5.31. The monoisotopic (exact) mass is 228 g/mol. The van der Waals surface area contributed by atoms with E-state index in [1.165, 1.54) is 5.56 Å². The van der Waals surface area contributed by atoms with Gasteiger partial charge in [0, 0.05) is 5.92 Å². The summed E-state index contributed by atoms with van der Waals surface area (Å²) in [7, 11) is 0. The van der Waals surface area contributed by atoms with Crippen LogP contribution < -0.4 is 5.73 Å². The van der Waals surface area contributed by atoms with Crippen molar-refractivity contribution in [3.63, 3.8) is 0 Å². The van der Waals surface area contributed by atoms with Crippen LogP contribution >= 0.6 is 0 Å². The summed E-state index contributed by atoms with van der Waals surface area (Å²) in [6.45, 7) is 1.89. The fraction of sp³-hybridized carbons (Fsp3) is 0.357. The van der Waals surface area contributed by atoms with Gasteiger partial charge in [-0.15, -0.1) is 0 Å². The standard InChI is InChI=1S/C14H16N2O/c1-9(15)14-16-8-13(17-14)12-7-11(12)10-5-3-2-4-6-10/h2-6,8-9,11-12H,7,15H2,1H3. The number of rotatable bonds is 3. The highest BCUT2D eigenvalue weighted by atomic mass is 16.4. The fourth-order valence-electron chi connectivity index (χ4n) is 2.26. The van der Waals surface area contributed by atoms with Crippen molar-refractivity contribution >= 4 is 0 Å². The molecule has 1 saturated carbocycles. The van der Waals surface area contributed by atoms with Crippen LogP contribution in [0.4, 0.5) is 0 Å². The number of hydrogen-bond acceptors (Lipinski definition) is 3. The van der Waals surface area contributed by atoms with Gasteiger partial charge in [0.15, 0.2) is 0 Å². The third kappa shape index (κ3) is 1.98. The van der Waals surface area contributed by atoms with Crippen LogP contribution in [0, 0.1) is 0 Å². The molecule has 17 heavy (non-hydrogen) atoms. The average Bonchev–Trinajstić information content (AvgIpc) is 2.99. The molecular formula is C14H16N2O. The van der Waals surface area contributed by atoms with Crippen LogP contribution in [-0.2, 0) is 0 Å². The van der Waals surface area contributed by atoms with E-state index >= 15 is 0 Å². The first-order valence-corrected chi connectivity index (χ1v) is 6.02. The Morgan fingerprint density at radius 1 is 1.29 bits per heavy atom. The minimum Gasteiger partial charge on any atom is -0.444 e. The molecule has 1 aromatic heterocycles. The van der Waals surface area contributed by atoms with E-state index in [0.717, 1.165) is 12.2 Å². The van der Waals surface area contributed by atoms with Crippen LogP contribution in [0.15, 0.2) is 40.9 Å². The van der Waals surface area contributed by atoms with Crippen molar-refractivity contribution in [2.24, 2.45) is 5.73 Å². The van der Waals surface area contributed by atoms with E-state index in [1.807, 2.05) is 19.2 Å². The number of oxazole rings is 1. The third-order valence-corrected chi connectivity index (χ3v) is 3.31. The second-order valence-electron chi connectivity index (χ2n) is 4.75. The lowest BCUT2D eigenvalue weighted by Crippen LogP contribution is -2.04. The molecule has 3 heteroatoms. The molecule has 0 spiro atoms. The summed E-state index contributed by atoms with van der Waals surface area (Å²) in [5, 5.41) is 0. The van der Waals surface area contributed by atoms with Crippen molar-refractivity contribution in [3.8, 4) is 0 Å². The van der Waals surface area contributed by atoms with Crippen molar-refractivity contribution in [1.29, 1.82) is 0 Å². The predicted molar refractivity (Wildman–Crippen MR) is 65.6 cm³/mol. The van der Waals surface area contributed by atoms with Gasteiger partial charge in [-0.3, -0.25) is 0 Å². The molecule has 1 aliphatic carbocycles. The van der Waals surface area contributed by atoms with E-state index in [2.05, 4.69) is 29.2 Å². The van der Waals surface area contributed by atoms with E-state index in [9.17, 15) is 0 Å². The maximum atomic E-state index is 5.74. The van der Waals surface area contributed by atoms with Gasteiger partial charge in [-0.05, 0) is 24.8 Å². The Balaban J connectivity index is 1.76. The molecule has 2 aromatic rings. The van der Waals surface area contributed by atoms with E-state index < -0.39 is 0 Å². The Labute approximate surface area is 101 Å². The zero-order chi connectivity index (χ0) is 11.8. The molecule has 3 atom stereocenters. The van der Waals surface area contributed by atoms with E-state index in [0.29, 0.717) is 17.7 Å². The molecular weight excluding hydrogens is 212 g/mol. The smallest absolute Gasteiger partial charge is 0.211 e. The second kappa shape index (κ2) is 4.00. The van der Waals surface area contributed by atoms with Gasteiger partial charge in [-0.25, -0.2) is 4.98 Å². The number of benzene rings is 1. The van der Waals surface area contributed by atoms with Crippen molar-refractivity contribution in [3.05, 3.63) is 53.7 Å². The van der Waals surface area contributed by atoms with Gasteiger partial charge in [0.1, 0.15) is 5.76 Å². The minimum absolute atomic E-state index is 0.127. The highest BCUT2D eigenvalue weighted by Gasteiger charge is 2.42. The lowest BCUT2D eigenvalue weighted by atomic mass is 10.1. The van der Waals surface area contributed by atoms with Crippen LogP contribution in [0.2, 0.25) is 0 Å². The molecule has 1 fully saturated rings. The zero-order valence-corrected chi connectivity index (χ0v) is 9.84. The van der Waals surface area contributed by atoms with Crippen LogP contribution in [-0.4, -0.2) is 4.98 Å². The second-order valence-corrected chi connectivity index (χ2v) is 4.75. The Kier molecular flexibility index (Phi) is 2.48. The molecule has 88 valence electrons. The van der Waals surface area contributed by atoms with Crippen molar-refractivity contribution in [2.45, 2.75) is 31.2 Å². The highest BCUT2D eigenvalue weighted by Crippen LogP contribution is 2.54. The maximum absolute atomic E-state index is 5.74. The number of hydrogen-bond donors (Lipinski definition) is 1. The van der Waals surface area contributed by atoms with Crippen LogP contribution in [0.3, 0.4) is 0 Å². The van der Waals surface area contributed by atoms with Gasteiger partial charge in [-0.2, -0.15) is 0 Å².